The molecule has 0 saturated carbocycles. The third-order valence-electron chi connectivity index (χ3n) is 3.84. The molecule has 2 aromatic rings. The van der Waals surface area contributed by atoms with Crippen LogP contribution in [-0.4, -0.2) is 22.6 Å². The molecule has 0 amide bonds. The van der Waals surface area contributed by atoms with Crippen molar-refractivity contribution in [1.29, 1.82) is 0 Å². The monoisotopic (exact) mass is 352 g/mol. The fraction of sp³-hybridized carbons (Fsp3) is 0.227. The molecule has 0 bridgehead atoms. The summed E-state index contributed by atoms with van der Waals surface area (Å²) in [6.45, 7) is 6.32. The normalized spacial score (nSPS) is 10.7. The molecule has 0 unspecified atom stereocenters. The molecule has 0 radical (unpaired) electrons. The smallest absolute Gasteiger partial charge is 0.189 e. The Morgan fingerprint density at radius 3 is 2.38 bits per heavy atom. The van der Waals surface area contributed by atoms with Crippen LogP contribution in [0, 0.1) is 0 Å². The largest absolute Gasteiger partial charge is 0.508 e. The van der Waals surface area contributed by atoms with Crippen LogP contribution in [0.5, 0.6) is 17.2 Å². The van der Waals surface area contributed by atoms with Gasteiger partial charge in [0.1, 0.15) is 17.2 Å². The molecule has 26 heavy (non-hydrogen) atoms. The first-order chi connectivity index (χ1) is 12.4. The van der Waals surface area contributed by atoms with Crippen LogP contribution in [0.25, 0.3) is 6.08 Å². The van der Waals surface area contributed by atoms with Crippen LogP contribution in [-0.2, 0) is 6.42 Å². The highest BCUT2D eigenvalue weighted by Gasteiger charge is 2.16. The van der Waals surface area contributed by atoms with Crippen molar-refractivity contribution in [2.24, 2.45) is 0 Å². The van der Waals surface area contributed by atoms with Gasteiger partial charge < -0.3 is 14.9 Å². The molecule has 0 spiro atoms. The topological polar surface area (TPSA) is 66.8 Å². The zero-order valence-corrected chi connectivity index (χ0v) is 15.3. The van der Waals surface area contributed by atoms with Crippen molar-refractivity contribution in [2.45, 2.75) is 27.2 Å². The number of ether oxygens (including phenoxy) is 1. The lowest BCUT2D eigenvalue weighted by molar-refractivity contribution is 0.104. The summed E-state index contributed by atoms with van der Waals surface area (Å²) in [5, 5.41) is 19.9. The molecule has 0 aliphatic heterocycles. The molecule has 0 aliphatic rings. The summed E-state index contributed by atoms with van der Waals surface area (Å²) in [6.07, 6.45) is 5.53. The van der Waals surface area contributed by atoms with Crippen LogP contribution >= 0.6 is 0 Å². The zero-order chi connectivity index (χ0) is 19.1. The molecule has 4 heteroatoms. The van der Waals surface area contributed by atoms with Crippen molar-refractivity contribution in [3.8, 4) is 17.2 Å². The molecule has 0 saturated heterocycles. The molecule has 0 atom stereocenters. The summed E-state index contributed by atoms with van der Waals surface area (Å²) in [6, 6.07) is 9.82. The fourth-order valence-corrected chi connectivity index (χ4v) is 2.46. The highest BCUT2D eigenvalue weighted by atomic mass is 16.5. The standard InChI is InChI=1S/C22H24O4/c1-4-26-21-14-12-18(22(25)19(21)11-5-15(2)3)20(24)13-8-16-6-9-17(23)10-7-16/h5-10,12-14,23,25H,4,11H2,1-3H3/b13-8+. The summed E-state index contributed by atoms with van der Waals surface area (Å²) in [5.41, 5.74) is 2.75. The van der Waals surface area contributed by atoms with Crippen LogP contribution < -0.4 is 4.74 Å². The van der Waals surface area contributed by atoms with E-state index in [-0.39, 0.29) is 22.8 Å². The van der Waals surface area contributed by atoms with Gasteiger partial charge in [0.05, 0.1) is 12.2 Å². The SMILES string of the molecule is CCOc1ccc(C(=O)/C=C/c2ccc(O)cc2)c(O)c1CC=C(C)C. The number of phenols is 2. The zero-order valence-electron chi connectivity index (χ0n) is 15.3. The Morgan fingerprint density at radius 1 is 1.08 bits per heavy atom. The van der Waals surface area contributed by atoms with Gasteiger partial charge in [0.2, 0.25) is 0 Å². The number of allylic oxidation sites excluding steroid dienone is 3. The Balaban J connectivity index is 2.32. The van der Waals surface area contributed by atoms with Gasteiger partial charge >= 0.3 is 0 Å². The first-order valence-corrected chi connectivity index (χ1v) is 8.54. The molecular formula is C22H24O4. The number of hydrogen-bond donors (Lipinski definition) is 2. The van der Waals surface area contributed by atoms with E-state index < -0.39 is 0 Å². The maximum Gasteiger partial charge on any atom is 0.189 e. The molecule has 4 nitrogen and oxygen atoms in total. The van der Waals surface area contributed by atoms with Gasteiger partial charge in [-0.05, 0) is 63.1 Å². The summed E-state index contributed by atoms with van der Waals surface area (Å²) >= 11 is 0. The third kappa shape index (κ3) is 4.99. The predicted molar refractivity (Wildman–Crippen MR) is 104 cm³/mol. The number of benzene rings is 2. The first-order valence-electron chi connectivity index (χ1n) is 8.54. The molecule has 0 heterocycles. The second-order valence-electron chi connectivity index (χ2n) is 6.15. The Morgan fingerprint density at radius 2 is 1.77 bits per heavy atom. The lowest BCUT2D eigenvalue weighted by Gasteiger charge is -2.13. The Kier molecular flexibility index (Phi) is 6.61. The van der Waals surface area contributed by atoms with Crippen molar-refractivity contribution in [1.82, 2.24) is 0 Å². The van der Waals surface area contributed by atoms with Crippen LogP contribution in [0.15, 0.2) is 54.1 Å². The molecule has 0 aliphatic carbocycles. The number of rotatable bonds is 7. The van der Waals surface area contributed by atoms with E-state index >= 15 is 0 Å². The number of hydrogen-bond acceptors (Lipinski definition) is 4. The molecule has 0 fully saturated rings. The lowest BCUT2D eigenvalue weighted by atomic mass is 10.0. The summed E-state index contributed by atoms with van der Waals surface area (Å²) in [4.78, 5) is 12.5. The van der Waals surface area contributed by atoms with Gasteiger partial charge in [0.15, 0.2) is 5.78 Å². The quantitative estimate of drug-likeness (QED) is 0.422. The summed E-state index contributed by atoms with van der Waals surface area (Å²) in [7, 11) is 0. The molecule has 2 rings (SSSR count). The number of aromatic hydroxyl groups is 2. The van der Waals surface area contributed by atoms with Gasteiger partial charge in [-0.25, -0.2) is 0 Å². The number of ketones is 1. The van der Waals surface area contributed by atoms with Gasteiger partial charge in [0, 0.05) is 5.56 Å². The fourth-order valence-electron chi connectivity index (χ4n) is 2.46. The van der Waals surface area contributed by atoms with E-state index in [9.17, 15) is 15.0 Å². The van der Waals surface area contributed by atoms with Crippen molar-refractivity contribution in [3.63, 3.8) is 0 Å². The maximum absolute atomic E-state index is 12.5. The second-order valence-corrected chi connectivity index (χ2v) is 6.15. The van der Waals surface area contributed by atoms with Crippen LogP contribution in [0.1, 0.15) is 42.3 Å². The van der Waals surface area contributed by atoms with E-state index in [1.54, 1.807) is 42.5 Å². The minimum absolute atomic E-state index is 0.0474. The average molecular weight is 352 g/mol. The van der Waals surface area contributed by atoms with E-state index in [1.165, 1.54) is 6.08 Å². The maximum atomic E-state index is 12.5. The lowest BCUT2D eigenvalue weighted by Crippen LogP contribution is -2.02. The van der Waals surface area contributed by atoms with Gasteiger partial charge in [-0.3, -0.25) is 4.79 Å². The molecule has 136 valence electrons. The molecule has 2 aromatic carbocycles. The Bertz CT molecular complexity index is 826. The molecule has 0 aromatic heterocycles. The van der Waals surface area contributed by atoms with Gasteiger partial charge in [-0.1, -0.05) is 29.9 Å². The predicted octanol–water partition coefficient (Wildman–Crippen LogP) is 4.90. The number of carbonyl (C=O) groups is 1. The van der Waals surface area contributed by atoms with E-state index in [1.807, 2.05) is 26.8 Å². The highest BCUT2D eigenvalue weighted by Crippen LogP contribution is 2.33. The summed E-state index contributed by atoms with van der Waals surface area (Å²) < 4.78 is 5.58. The average Bonchev–Trinajstić information content (AvgIpc) is 2.60. The minimum atomic E-state index is -0.294. The van der Waals surface area contributed by atoms with Crippen molar-refractivity contribution < 1.29 is 19.7 Å². The van der Waals surface area contributed by atoms with Crippen molar-refractivity contribution in [3.05, 3.63) is 70.8 Å². The Labute approximate surface area is 154 Å². The third-order valence-corrected chi connectivity index (χ3v) is 3.84. The number of phenolic OH excluding ortho intramolecular Hbond substituents is 2. The number of carbonyl (C=O) groups excluding carboxylic acids is 1. The van der Waals surface area contributed by atoms with Gasteiger partial charge in [0.25, 0.3) is 0 Å². The van der Waals surface area contributed by atoms with Gasteiger partial charge in [-0.2, -0.15) is 0 Å². The van der Waals surface area contributed by atoms with Crippen LogP contribution in [0.4, 0.5) is 0 Å². The highest BCUT2D eigenvalue weighted by molar-refractivity contribution is 6.09. The van der Waals surface area contributed by atoms with Crippen molar-refractivity contribution >= 4 is 11.9 Å². The second kappa shape index (κ2) is 8.90. The van der Waals surface area contributed by atoms with Crippen LogP contribution in [0.2, 0.25) is 0 Å². The van der Waals surface area contributed by atoms with E-state index in [0.29, 0.717) is 24.3 Å². The van der Waals surface area contributed by atoms with E-state index in [2.05, 4.69) is 0 Å². The minimum Gasteiger partial charge on any atom is -0.508 e. The Hall–Kier alpha value is -3.01. The molecule has 2 N–H and O–H groups in total. The van der Waals surface area contributed by atoms with E-state index in [4.69, 9.17) is 4.74 Å². The van der Waals surface area contributed by atoms with E-state index in [0.717, 1.165) is 11.1 Å². The summed E-state index contributed by atoms with van der Waals surface area (Å²) in [5.74, 6) is 0.411. The van der Waals surface area contributed by atoms with Crippen molar-refractivity contribution in [2.75, 3.05) is 6.61 Å². The van der Waals surface area contributed by atoms with Crippen LogP contribution in [0.3, 0.4) is 0 Å². The van der Waals surface area contributed by atoms with Gasteiger partial charge in [-0.15, -0.1) is 0 Å². The molecular weight excluding hydrogens is 328 g/mol. The first kappa shape index (κ1) is 19.3.